The van der Waals surface area contributed by atoms with Crippen LogP contribution in [0.4, 0.5) is 0 Å². The average molecular weight is 286 g/mol. The second-order valence-electron chi connectivity index (χ2n) is 3.68. The number of hydrogen-bond donors (Lipinski definition) is 0. The molecule has 0 aliphatic rings. The Morgan fingerprint density at radius 2 is 1.18 bits per heavy atom. The summed E-state index contributed by atoms with van der Waals surface area (Å²) in [5, 5.41) is 2.90. The van der Waals surface area contributed by atoms with Crippen molar-refractivity contribution in [2.24, 2.45) is 0 Å². The molecule has 17 heavy (non-hydrogen) atoms. The van der Waals surface area contributed by atoms with E-state index in [0.29, 0.717) is 0 Å². The first-order valence-electron chi connectivity index (χ1n) is 5.58. The molecule has 2 aromatic rings. The quantitative estimate of drug-likeness (QED) is 0.459. The second kappa shape index (κ2) is 7.64. The summed E-state index contributed by atoms with van der Waals surface area (Å²) in [5.41, 5.74) is 0. The van der Waals surface area contributed by atoms with Gasteiger partial charge in [-0.2, -0.15) is 6.42 Å². The van der Waals surface area contributed by atoms with Crippen LogP contribution in [0.5, 0.6) is 0 Å². The topological polar surface area (TPSA) is 0 Å². The monoisotopic (exact) mass is 285 g/mol. The van der Waals surface area contributed by atoms with Crippen LogP contribution < -0.4 is 10.6 Å². The summed E-state index contributed by atoms with van der Waals surface area (Å²) in [6, 6.07) is 21.6. The number of rotatable bonds is 4. The Labute approximate surface area is 115 Å². The molecule has 0 radical (unpaired) electrons. The van der Waals surface area contributed by atoms with E-state index < -0.39 is 0 Å². The SMILES string of the molecule is [CH2-]CCP(c1ccccc1)c1ccccc1.[Ni]. The number of benzene rings is 2. The van der Waals surface area contributed by atoms with E-state index in [1.807, 2.05) is 0 Å². The minimum atomic E-state index is -0.213. The van der Waals surface area contributed by atoms with E-state index in [-0.39, 0.29) is 24.4 Å². The van der Waals surface area contributed by atoms with Crippen molar-refractivity contribution in [2.75, 3.05) is 6.16 Å². The van der Waals surface area contributed by atoms with Crippen molar-refractivity contribution < 1.29 is 16.5 Å². The van der Waals surface area contributed by atoms with Crippen LogP contribution in [0.15, 0.2) is 60.7 Å². The first-order valence-corrected chi connectivity index (χ1v) is 7.11. The van der Waals surface area contributed by atoms with E-state index in [2.05, 4.69) is 67.6 Å². The fourth-order valence-corrected chi connectivity index (χ4v) is 3.98. The molecule has 92 valence electrons. The fraction of sp³-hybridized carbons (Fsp3) is 0.133. The van der Waals surface area contributed by atoms with Gasteiger partial charge in [-0.25, -0.2) is 0 Å². The van der Waals surface area contributed by atoms with E-state index in [9.17, 15) is 0 Å². The zero-order valence-electron chi connectivity index (χ0n) is 9.66. The molecule has 0 nitrogen and oxygen atoms in total. The van der Waals surface area contributed by atoms with Crippen LogP contribution in [-0.4, -0.2) is 6.16 Å². The van der Waals surface area contributed by atoms with Crippen molar-refractivity contribution in [1.29, 1.82) is 0 Å². The first kappa shape index (κ1) is 14.4. The molecule has 2 heteroatoms. The molecule has 0 atom stereocenters. The van der Waals surface area contributed by atoms with Crippen molar-refractivity contribution >= 4 is 18.5 Å². The van der Waals surface area contributed by atoms with Crippen molar-refractivity contribution in [3.05, 3.63) is 67.6 Å². The second-order valence-corrected chi connectivity index (χ2v) is 6.01. The van der Waals surface area contributed by atoms with E-state index in [0.717, 1.165) is 6.42 Å². The molecule has 0 saturated heterocycles. The molecule has 0 heterocycles. The summed E-state index contributed by atoms with van der Waals surface area (Å²) in [6.45, 7) is 3.99. The van der Waals surface area contributed by atoms with Crippen molar-refractivity contribution in [3.8, 4) is 0 Å². The molecule has 0 aromatic heterocycles. The first-order chi connectivity index (χ1) is 7.92. The molecule has 0 N–H and O–H groups in total. The molecule has 0 amide bonds. The normalized spacial score (nSPS) is 10.0. The molecule has 0 aliphatic heterocycles. The van der Waals surface area contributed by atoms with E-state index in [1.54, 1.807) is 0 Å². The Morgan fingerprint density at radius 1 is 0.765 bits per heavy atom. The van der Waals surface area contributed by atoms with Crippen molar-refractivity contribution in [3.63, 3.8) is 0 Å². The van der Waals surface area contributed by atoms with Crippen LogP contribution in [0.3, 0.4) is 0 Å². The van der Waals surface area contributed by atoms with Crippen LogP contribution in [0.25, 0.3) is 0 Å². The Bertz CT molecular complexity index is 374. The van der Waals surface area contributed by atoms with Gasteiger partial charge < -0.3 is 6.92 Å². The minimum absolute atomic E-state index is 0. The van der Waals surface area contributed by atoms with Gasteiger partial charge >= 0.3 is 0 Å². The summed E-state index contributed by atoms with van der Waals surface area (Å²) in [4.78, 5) is 0. The zero-order chi connectivity index (χ0) is 11.2. The molecule has 0 fully saturated rings. The van der Waals surface area contributed by atoms with Crippen LogP contribution in [-0.2, 0) is 16.5 Å². The van der Waals surface area contributed by atoms with Crippen LogP contribution in [0, 0.1) is 6.92 Å². The number of hydrogen-bond acceptors (Lipinski definition) is 0. The zero-order valence-corrected chi connectivity index (χ0v) is 11.5. The molecule has 2 rings (SSSR count). The van der Waals surface area contributed by atoms with Crippen molar-refractivity contribution in [2.45, 2.75) is 6.42 Å². The molecular weight excluding hydrogens is 270 g/mol. The molecular formula is C15H16NiP-. The van der Waals surface area contributed by atoms with Crippen LogP contribution in [0.2, 0.25) is 0 Å². The van der Waals surface area contributed by atoms with Gasteiger partial charge in [-0.3, -0.25) is 0 Å². The van der Waals surface area contributed by atoms with E-state index >= 15 is 0 Å². The maximum atomic E-state index is 3.99. The van der Waals surface area contributed by atoms with E-state index in [4.69, 9.17) is 0 Å². The third-order valence-electron chi connectivity index (χ3n) is 2.52. The van der Waals surface area contributed by atoms with Gasteiger partial charge in [0.25, 0.3) is 0 Å². The van der Waals surface area contributed by atoms with Gasteiger partial charge in [-0.05, 0) is 18.5 Å². The average Bonchev–Trinajstić information content (AvgIpc) is 2.38. The summed E-state index contributed by atoms with van der Waals surface area (Å²) >= 11 is 0. The Kier molecular flexibility index (Phi) is 6.49. The summed E-state index contributed by atoms with van der Waals surface area (Å²) in [6.07, 6.45) is 2.17. The summed E-state index contributed by atoms with van der Waals surface area (Å²) in [5.74, 6) is 0. The van der Waals surface area contributed by atoms with Gasteiger partial charge in [0.2, 0.25) is 0 Å². The van der Waals surface area contributed by atoms with Crippen molar-refractivity contribution in [1.82, 2.24) is 0 Å². The summed E-state index contributed by atoms with van der Waals surface area (Å²) in [7, 11) is -0.213. The molecule has 0 unspecified atom stereocenters. The summed E-state index contributed by atoms with van der Waals surface area (Å²) < 4.78 is 0. The molecule has 2 aromatic carbocycles. The largest absolute Gasteiger partial charge is 0.343 e. The molecule has 0 spiro atoms. The maximum Gasteiger partial charge on any atom is 0 e. The van der Waals surface area contributed by atoms with Gasteiger partial charge in [0.15, 0.2) is 0 Å². The van der Waals surface area contributed by atoms with Gasteiger partial charge in [-0.1, -0.05) is 66.8 Å². The predicted octanol–water partition coefficient (Wildman–Crippen LogP) is 3.34. The van der Waals surface area contributed by atoms with Crippen LogP contribution in [0.1, 0.15) is 6.42 Å². The Morgan fingerprint density at radius 3 is 1.53 bits per heavy atom. The minimum Gasteiger partial charge on any atom is -0.343 e. The van der Waals surface area contributed by atoms with Gasteiger partial charge in [0.1, 0.15) is 0 Å². The Hall–Kier alpha value is -0.636. The maximum absolute atomic E-state index is 3.99. The predicted molar refractivity (Wildman–Crippen MR) is 73.9 cm³/mol. The molecule has 0 saturated carbocycles. The third-order valence-corrected chi connectivity index (χ3v) is 5.12. The fourth-order valence-electron chi connectivity index (χ4n) is 1.78. The Balaban J connectivity index is 0.00000144. The van der Waals surface area contributed by atoms with E-state index in [1.165, 1.54) is 16.8 Å². The standard InChI is InChI=1S/C15H16P.Ni/c1-2-13-16(14-9-5-3-6-10-14)15-11-7-4-8-12-15;/h3-12H,1-2,13H2;/q-1;. The smallest absolute Gasteiger partial charge is 0 e. The molecule has 0 bridgehead atoms. The third kappa shape index (κ3) is 3.95. The molecule has 0 aliphatic carbocycles. The van der Waals surface area contributed by atoms with Gasteiger partial charge in [0.05, 0.1) is 0 Å². The van der Waals surface area contributed by atoms with Gasteiger partial charge in [0, 0.05) is 16.5 Å². The van der Waals surface area contributed by atoms with Crippen LogP contribution >= 0.6 is 7.92 Å². The van der Waals surface area contributed by atoms with Gasteiger partial charge in [-0.15, -0.1) is 0 Å².